The first kappa shape index (κ1) is 18.7. The van der Waals surface area contributed by atoms with Crippen molar-refractivity contribution in [3.63, 3.8) is 0 Å². The molecule has 0 aliphatic carbocycles. The first-order chi connectivity index (χ1) is 12.7. The molecule has 27 heavy (non-hydrogen) atoms. The highest BCUT2D eigenvalue weighted by Crippen LogP contribution is 2.34. The largest absolute Gasteiger partial charge is 0.480 e. The zero-order valence-electron chi connectivity index (χ0n) is 16.5. The number of nitrogens with zero attached hydrogens (tertiary/aromatic N) is 4. The van der Waals surface area contributed by atoms with Crippen LogP contribution in [0, 0.1) is 13.8 Å². The van der Waals surface area contributed by atoms with E-state index in [2.05, 4.69) is 10.2 Å². The van der Waals surface area contributed by atoms with Crippen LogP contribution in [-0.4, -0.2) is 38.4 Å². The van der Waals surface area contributed by atoms with E-state index in [1.165, 1.54) is 4.68 Å². The van der Waals surface area contributed by atoms with Gasteiger partial charge in [0.2, 0.25) is 5.88 Å². The zero-order valence-corrected chi connectivity index (χ0v) is 16.5. The summed E-state index contributed by atoms with van der Waals surface area (Å²) in [7, 11) is 1.59. The summed E-state index contributed by atoms with van der Waals surface area (Å²) in [4.78, 5) is 12.4. The second-order valence-electron chi connectivity index (χ2n) is 7.28. The monoisotopic (exact) mass is 368 g/mol. The summed E-state index contributed by atoms with van der Waals surface area (Å²) in [5.41, 5.74) is 3.06. The Morgan fingerprint density at radius 1 is 1.07 bits per heavy atom. The third-order valence-corrected chi connectivity index (χ3v) is 3.92. The molecule has 0 saturated heterocycles. The molecule has 0 unspecified atom stereocenters. The maximum absolute atomic E-state index is 12.4. The molecule has 0 bridgehead atoms. The van der Waals surface area contributed by atoms with E-state index in [1.807, 2.05) is 71.0 Å². The van der Waals surface area contributed by atoms with E-state index >= 15 is 0 Å². The second kappa shape index (κ2) is 6.90. The van der Waals surface area contributed by atoms with Gasteiger partial charge in [-0.2, -0.15) is 14.9 Å². The average molecular weight is 368 g/mol. The maximum Gasteiger partial charge on any atom is 0.435 e. The third kappa shape index (κ3) is 3.72. The molecular weight excluding hydrogens is 344 g/mol. The van der Waals surface area contributed by atoms with Crippen LogP contribution in [0.15, 0.2) is 36.4 Å². The fourth-order valence-electron chi connectivity index (χ4n) is 2.82. The number of hydrogen-bond donors (Lipinski definition) is 0. The maximum atomic E-state index is 12.4. The second-order valence-corrected chi connectivity index (χ2v) is 7.28. The molecule has 0 aliphatic rings. The van der Waals surface area contributed by atoms with Gasteiger partial charge in [0.1, 0.15) is 11.3 Å². The van der Waals surface area contributed by atoms with Gasteiger partial charge in [-0.3, -0.25) is 0 Å². The lowest BCUT2D eigenvalue weighted by Gasteiger charge is -2.19. The molecule has 142 valence electrons. The van der Waals surface area contributed by atoms with Crippen LogP contribution >= 0.6 is 0 Å². The Morgan fingerprint density at radius 3 is 2.33 bits per heavy atom. The molecule has 0 amide bonds. The minimum absolute atomic E-state index is 0.515. The van der Waals surface area contributed by atoms with E-state index < -0.39 is 11.7 Å². The van der Waals surface area contributed by atoms with Crippen molar-refractivity contribution in [2.45, 2.75) is 40.2 Å². The predicted octanol–water partition coefficient (Wildman–Crippen LogP) is 4.14. The fourth-order valence-corrected chi connectivity index (χ4v) is 2.82. The van der Waals surface area contributed by atoms with Gasteiger partial charge in [-0.05, 0) is 52.8 Å². The third-order valence-electron chi connectivity index (χ3n) is 3.92. The van der Waals surface area contributed by atoms with Crippen molar-refractivity contribution in [1.29, 1.82) is 0 Å². The van der Waals surface area contributed by atoms with Crippen molar-refractivity contribution in [3.8, 4) is 22.8 Å². The first-order valence-corrected chi connectivity index (χ1v) is 8.70. The molecule has 0 saturated carbocycles. The zero-order chi connectivity index (χ0) is 19.8. The number of carbonyl (C=O) groups is 1. The Labute approximate surface area is 158 Å². The SMILES string of the molecule is COc1c(-c2cc(C)n(C(=O)OC(C)(C)C)n2)c(C)nn1-c1ccccc1. The lowest BCUT2D eigenvalue weighted by Crippen LogP contribution is -2.28. The van der Waals surface area contributed by atoms with Crippen LogP contribution in [-0.2, 0) is 4.74 Å². The van der Waals surface area contributed by atoms with Gasteiger partial charge in [-0.1, -0.05) is 18.2 Å². The van der Waals surface area contributed by atoms with Gasteiger partial charge < -0.3 is 9.47 Å². The molecule has 2 aromatic heterocycles. The Balaban J connectivity index is 2.07. The quantitative estimate of drug-likeness (QED) is 0.695. The highest BCUT2D eigenvalue weighted by Gasteiger charge is 2.25. The lowest BCUT2D eigenvalue weighted by molar-refractivity contribution is 0.0511. The van der Waals surface area contributed by atoms with Crippen LogP contribution in [0.25, 0.3) is 16.9 Å². The summed E-state index contributed by atoms with van der Waals surface area (Å²) in [5, 5.41) is 9.05. The van der Waals surface area contributed by atoms with Crippen molar-refractivity contribution in [2.24, 2.45) is 0 Å². The Hall–Kier alpha value is -3.09. The topological polar surface area (TPSA) is 71.2 Å². The molecule has 7 nitrogen and oxygen atoms in total. The number of methoxy groups -OCH3 is 1. The summed E-state index contributed by atoms with van der Waals surface area (Å²) in [6.45, 7) is 9.16. The number of aromatic nitrogens is 4. The number of rotatable bonds is 3. The summed E-state index contributed by atoms with van der Waals surface area (Å²) in [6.07, 6.45) is -0.515. The van der Waals surface area contributed by atoms with E-state index in [-0.39, 0.29) is 0 Å². The minimum Gasteiger partial charge on any atom is -0.480 e. The van der Waals surface area contributed by atoms with E-state index in [0.717, 1.165) is 16.9 Å². The summed E-state index contributed by atoms with van der Waals surface area (Å²) < 4.78 is 14.0. The normalized spacial score (nSPS) is 11.5. The van der Waals surface area contributed by atoms with Crippen molar-refractivity contribution in [3.05, 3.63) is 47.8 Å². The standard InChI is InChI=1S/C20H24N4O3/c1-13-12-16(22-23(13)19(25)27-20(3,4)5)17-14(2)21-24(18(17)26-6)15-10-8-7-9-11-15/h7-12H,1-6H3. The summed E-state index contributed by atoms with van der Waals surface area (Å²) in [6, 6.07) is 11.5. The van der Waals surface area contributed by atoms with Gasteiger partial charge in [0.15, 0.2) is 0 Å². The first-order valence-electron chi connectivity index (χ1n) is 8.70. The van der Waals surface area contributed by atoms with Gasteiger partial charge in [-0.25, -0.2) is 9.48 Å². The van der Waals surface area contributed by atoms with E-state index in [9.17, 15) is 4.79 Å². The molecule has 2 heterocycles. The van der Waals surface area contributed by atoms with Crippen molar-refractivity contribution < 1.29 is 14.3 Å². The molecule has 3 rings (SSSR count). The van der Waals surface area contributed by atoms with E-state index in [0.29, 0.717) is 17.3 Å². The summed E-state index contributed by atoms with van der Waals surface area (Å²) >= 11 is 0. The molecule has 0 atom stereocenters. The minimum atomic E-state index is -0.596. The molecule has 3 aromatic rings. The predicted molar refractivity (Wildman–Crippen MR) is 102 cm³/mol. The Bertz CT molecular complexity index is 965. The van der Waals surface area contributed by atoms with Gasteiger partial charge >= 0.3 is 6.09 Å². The number of hydrogen-bond acceptors (Lipinski definition) is 5. The number of carbonyl (C=O) groups excluding carboxylic acids is 1. The molecule has 0 fully saturated rings. The Morgan fingerprint density at radius 2 is 1.74 bits per heavy atom. The molecular formula is C20H24N4O3. The van der Waals surface area contributed by atoms with Crippen molar-refractivity contribution >= 4 is 6.09 Å². The van der Waals surface area contributed by atoms with Crippen LogP contribution in [0.5, 0.6) is 5.88 Å². The van der Waals surface area contributed by atoms with Crippen LogP contribution in [0.4, 0.5) is 4.79 Å². The smallest absolute Gasteiger partial charge is 0.435 e. The highest BCUT2D eigenvalue weighted by molar-refractivity contribution is 5.75. The number of aryl methyl sites for hydroxylation is 2. The van der Waals surface area contributed by atoms with Crippen molar-refractivity contribution in [2.75, 3.05) is 7.11 Å². The lowest BCUT2D eigenvalue weighted by atomic mass is 10.2. The number of benzene rings is 1. The van der Waals surface area contributed by atoms with Gasteiger partial charge in [-0.15, -0.1) is 0 Å². The molecule has 0 N–H and O–H groups in total. The summed E-state index contributed by atoms with van der Waals surface area (Å²) in [5.74, 6) is 0.563. The van der Waals surface area contributed by atoms with Crippen LogP contribution in [0.3, 0.4) is 0 Å². The van der Waals surface area contributed by atoms with E-state index in [1.54, 1.807) is 11.8 Å². The van der Waals surface area contributed by atoms with Crippen LogP contribution in [0.1, 0.15) is 32.2 Å². The van der Waals surface area contributed by atoms with Crippen molar-refractivity contribution in [1.82, 2.24) is 19.6 Å². The van der Waals surface area contributed by atoms with Crippen LogP contribution in [0.2, 0.25) is 0 Å². The average Bonchev–Trinajstić information content (AvgIpc) is 3.13. The molecule has 0 radical (unpaired) electrons. The molecule has 0 spiro atoms. The van der Waals surface area contributed by atoms with Gasteiger partial charge in [0.25, 0.3) is 0 Å². The van der Waals surface area contributed by atoms with E-state index in [4.69, 9.17) is 9.47 Å². The number of ether oxygens (including phenoxy) is 2. The molecule has 0 aliphatic heterocycles. The highest BCUT2D eigenvalue weighted by atomic mass is 16.6. The Kier molecular flexibility index (Phi) is 4.78. The number of para-hydroxylation sites is 1. The van der Waals surface area contributed by atoms with Gasteiger partial charge in [0.05, 0.1) is 24.1 Å². The van der Waals surface area contributed by atoms with Gasteiger partial charge in [0, 0.05) is 5.69 Å². The molecule has 1 aromatic carbocycles. The van der Waals surface area contributed by atoms with Crippen LogP contribution < -0.4 is 4.74 Å². The fraction of sp³-hybridized carbons (Fsp3) is 0.350. The molecule has 7 heteroatoms.